The highest BCUT2D eigenvalue weighted by Gasteiger charge is 2.23. The Morgan fingerprint density at radius 3 is 2.52 bits per heavy atom. The van der Waals surface area contributed by atoms with Crippen LogP contribution in [0.15, 0.2) is 66.7 Å². The molecule has 0 aliphatic rings. The van der Waals surface area contributed by atoms with Gasteiger partial charge in [0.15, 0.2) is 5.82 Å². The molecule has 3 aromatic carbocycles. The molecule has 3 N–H and O–H groups in total. The van der Waals surface area contributed by atoms with Crippen molar-refractivity contribution in [2.75, 3.05) is 10.6 Å². The SMILES string of the molecule is N#Cc1cccc(Oc2nc(NC(=O)C(=O)O)c(C(=O)Nc3ccc4ccccc4c3)s2)c1. The highest BCUT2D eigenvalue weighted by molar-refractivity contribution is 7.16. The van der Waals surface area contributed by atoms with Crippen molar-refractivity contribution < 1.29 is 24.2 Å². The van der Waals surface area contributed by atoms with Gasteiger partial charge in [0.2, 0.25) is 0 Å². The molecule has 2 amide bonds. The largest absolute Gasteiger partial charge is 0.474 e. The third kappa shape index (κ3) is 4.95. The van der Waals surface area contributed by atoms with E-state index in [9.17, 15) is 14.4 Å². The summed E-state index contributed by atoms with van der Waals surface area (Å²) in [4.78, 5) is 39.6. The van der Waals surface area contributed by atoms with E-state index in [2.05, 4.69) is 15.6 Å². The van der Waals surface area contributed by atoms with Gasteiger partial charge in [0.05, 0.1) is 11.6 Å². The van der Waals surface area contributed by atoms with Crippen LogP contribution in [0.2, 0.25) is 0 Å². The molecule has 0 bridgehead atoms. The first-order valence-corrected chi connectivity index (χ1v) is 10.3. The van der Waals surface area contributed by atoms with Gasteiger partial charge in [-0.15, -0.1) is 0 Å². The predicted molar refractivity (Wildman–Crippen MR) is 122 cm³/mol. The number of nitrogens with one attached hydrogen (secondary N) is 2. The lowest BCUT2D eigenvalue weighted by molar-refractivity contribution is -0.147. The monoisotopic (exact) mass is 458 g/mol. The van der Waals surface area contributed by atoms with E-state index in [1.165, 1.54) is 6.07 Å². The zero-order chi connectivity index (χ0) is 23.4. The van der Waals surface area contributed by atoms with Crippen LogP contribution in [-0.2, 0) is 9.59 Å². The molecule has 9 nitrogen and oxygen atoms in total. The van der Waals surface area contributed by atoms with E-state index in [4.69, 9.17) is 15.1 Å². The number of ether oxygens (including phenoxy) is 1. The lowest BCUT2D eigenvalue weighted by atomic mass is 10.1. The van der Waals surface area contributed by atoms with Gasteiger partial charge in [0.25, 0.3) is 11.1 Å². The number of benzene rings is 3. The summed E-state index contributed by atoms with van der Waals surface area (Å²) in [6.07, 6.45) is 0. The quantitative estimate of drug-likeness (QED) is 0.380. The van der Waals surface area contributed by atoms with Gasteiger partial charge in [0.1, 0.15) is 10.6 Å². The highest BCUT2D eigenvalue weighted by atomic mass is 32.1. The molecule has 1 aromatic heterocycles. The van der Waals surface area contributed by atoms with E-state index in [1.807, 2.05) is 36.4 Å². The van der Waals surface area contributed by atoms with Gasteiger partial charge in [0, 0.05) is 5.69 Å². The van der Waals surface area contributed by atoms with Crippen LogP contribution in [0.1, 0.15) is 15.2 Å². The minimum Gasteiger partial charge on any atom is -0.474 e. The fourth-order valence-corrected chi connectivity index (χ4v) is 3.72. The van der Waals surface area contributed by atoms with Crippen LogP contribution >= 0.6 is 11.3 Å². The van der Waals surface area contributed by atoms with E-state index >= 15 is 0 Å². The number of carboxylic acid groups (broad SMARTS) is 1. The Bertz CT molecular complexity index is 1440. The number of aliphatic carboxylic acids is 1. The zero-order valence-corrected chi connectivity index (χ0v) is 17.6. The summed E-state index contributed by atoms with van der Waals surface area (Å²) in [7, 11) is 0. The number of fused-ring (bicyclic) bond motifs is 1. The Hall–Kier alpha value is -4.75. The van der Waals surface area contributed by atoms with Gasteiger partial charge in [-0.1, -0.05) is 47.7 Å². The molecule has 162 valence electrons. The van der Waals surface area contributed by atoms with Crippen LogP contribution < -0.4 is 15.4 Å². The number of carboxylic acids is 1. The summed E-state index contributed by atoms with van der Waals surface area (Å²) in [5, 5.41) is 24.7. The maximum Gasteiger partial charge on any atom is 0.394 e. The van der Waals surface area contributed by atoms with Crippen LogP contribution in [0.3, 0.4) is 0 Å². The molecule has 0 aliphatic carbocycles. The smallest absolute Gasteiger partial charge is 0.394 e. The number of anilines is 2. The third-order valence-electron chi connectivity index (χ3n) is 4.42. The number of aromatic nitrogens is 1. The molecule has 4 aromatic rings. The molecule has 0 fully saturated rings. The van der Waals surface area contributed by atoms with Crippen molar-refractivity contribution in [1.29, 1.82) is 5.26 Å². The summed E-state index contributed by atoms with van der Waals surface area (Å²) in [6.45, 7) is 0. The Morgan fingerprint density at radius 2 is 1.76 bits per heavy atom. The normalized spacial score (nSPS) is 10.3. The Kier molecular flexibility index (Phi) is 5.97. The molecule has 0 atom stereocenters. The first kappa shape index (κ1) is 21.5. The number of hydrogen-bond donors (Lipinski definition) is 3. The summed E-state index contributed by atoms with van der Waals surface area (Å²) < 4.78 is 5.62. The number of amides is 2. The first-order valence-electron chi connectivity index (χ1n) is 9.46. The molecular weight excluding hydrogens is 444 g/mol. The van der Waals surface area contributed by atoms with Gasteiger partial charge >= 0.3 is 11.9 Å². The lowest BCUT2D eigenvalue weighted by Crippen LogP contribution is -2.23. The topological polar surface area (TPSA) is 141 Å². The van der Waals surface area contributed by atoms with Gasteiger partial charge in [-0.2, -0.15) is 10.2 Å². The minimum atomic E-state index is -1.73. The van der Waals surface area contributed by atoms with Crippen LogP contribution in [0.4, 0.5) is 11.5 Å². The molecule has 0 radical (unpaired) electrons. The van der Waals surface area contributed by atoms with Gasteiger partial charge in [-0.05, 0) is 41.1 Å². The summed E-state index contributed by atoms with van der Waals surface area (Å²) >= 11 is 0.817. The van der Waals surface area contributed by atoms with Crippen LogP contribution in [0.5, 0.6) is 10.9 Å². The van der Waals surface area contributed by atoms with Crippen molar-refractivity contribution in [2.45, 2.75) is 0 Å². The zero-order valence-electron chi connectivity index (χ0n) is 16.7. The number of hydrogen-bond acceptors (Lipinski definition) is 7. The first-order chi connectivity index (χ1) is 15.9. The second-order valence-corrected chi connectivity index (χ2v) is 7.64. The van der Waals surface area contributed by atoms with Gasteiger partial charge in [-0.3, -0.25) is 14.9 Å². The van der Waals surface area contributed by atoms with Crippen molar-refractivity contribution in [1.82, 2.24) is 4.98 Å². The van der Waals surface area contributed by atoms with E-state index in [0.717, 1.165) is 22.1 Å². The Morgan fingerprint density at radius 1 is 0.970 bits per heavy atom. The number of thiazole rings is 1. The maximum atomic E-state index is 13.0. The fourth-order valence-electron chi connectivity index (χ4n) is 2.93. The number of carbonyl (C=O) groups excluding carboxylic acids is 2. The van der Waals surface area contributed by atoms with Crippen molar-refractivity contribution in [3.05, 3.63) is 77.2 Å². The number of nitrogens with zero attached hydrogens (tertiary/aromatic N) is 2. The number of nitriles is 1. The number of carbonyl (C=O) groups is 3. The van der Waals surface area contributed by atoms with E-state index in [0.29, 0.717) is 17.0 Å². The second kappa shape index (κ2) is 9.17. The maximum absolute atomic E-state index is 13.0. The highest BCUT2D eigenvalue weighted by Crippen LogP contribution is 2.33. The molecule has 1 heterocycles. The van der Waals surface area contributed by atoms with E-state index in [1.54, 1.807) is 30.3 Å². The summed E-state index contributed by atoms with van der Waals surface area (Å²) in [5.41, 5.74) is 0.865. The van der Waals surface area contributed by atoms with E-state index in [-0.39, 0.29) is 15.9 Å². The molecule has 0 aliphatic heterocycles. The predicted octanol–water partition coefficient (Wildman–Crippen LogP) is 4.24. The molecule has 0 spiro atoms. The second-order valence-electron chi connectivity index (χ2n) is 6.67. The van der Waals surface area contributed by atoms with Crippen LogP contribution in [-0.4, -0.2) is 27.9 Å². The van der Waals surface area contributed by atoms with Crippen molar-refractivity contribution in [3.8, 4) is 17.0 Å². The average Bonchev–Trinajstić information content (AvgIpc) is 3.21. The minimum absolute atomic E-state index is 0.0190. The van der Waals surface area contributed by atoms with Gasteiger partial charge < -0.3 is 15.2 Å². The molecule has 0 saturated heterocycles. The molecule has 33 heavy (non-hydrogen) atoms. The Labute approximate surface area is 190 Å². The van der Waals surface area contributed by atoms with E-state index < -0.39 is 17.8 Å². The average molecular weight is 458 g/mol. The fraction of sp³-hybridized carbons (Fsp3) is 0. The summed E-state index contributed by atoms with van der Waals surface area (Å²) in [5.74, 6) is -3.65. The number of rotatable bonds is 5. The standard InChI is InChI=1S/C23H14N4O5S/c24-12-13-4-3-7-17(10-13)32-23-27-19(26-21(29)22(30)31)18(33-23)20(28)25-16-9-8-14-5-1-2-6-15(14)11-16/h1-11H,(H,25,28)(H,26,29)(H,30,31). The van der Waals surface area contributed by atoms with Crippen molar-refractivity contribution in [2.24, 2.45) is 0 Å². The molecule has 0 unspecified atom stereocenters. The molecule has 4 rings (SSSR count). The van der Waals surface area contributed by atoms with Crippen LogP contribution in [0, 0.1) is 11.3 Å². The van der Waals surface area contributed by atoms with Crippen molar-refractivity contribution >= 4 is 51.4 Å². The van der Waals surface area contributed by atoms with Crippen LogP contribution in [0.25, 0.3) is 10.8 Å². The lowest BCUT2D eigenvalue weighted by Gasteiger charge is -2.06. The summed E-state index contributed by atoms with van der Waals surface area (Å²) in [6, 6.07) is 21.2. The Balaban J connectivity index is 1.63. The molecular formula is C23H14N4O5S. The van der Waals surface area contributed by atoms with Crippen molar-refractivity contribution in [3.63, 3.8) is 0 Å². The molecule has 10 heteroatoms. The third-order valence-corrected chi connectivity index (χ3v) is 5.35. The molecule has 0 saturated carbocycles. The van der Waals surface area contributed by atoms with Gasteiger partial charge in [-0.25, -0.2) is 4.79 Å².